The number of hydrogen-bond acceptors (Lipinski definition) is 3. The van der Waals surface area contributed by atoms with Gasteiger partial charge in [0.25, 0.3) is 0 Å². The highest BCUT2D eigenvalue weighted by Gasteiger charge is 2.34. The fourth-order valence-corrected chi connectivity index (χ4v) is 10.7. The highest BCUT2D eigenvalue weighted by molar-refractivity contribution is 5.90. The van der Waals surface area contributed by atoms with E-state index in [4.69, 9.17) is 0 Å². The Morgan fingerprint density at radius 1 is 0.356 bits per heavy atom. The van der Waals surface area contributed by atoms with Crippen LogP contribution in [0.3, 0.4) is 0 Å². The van der Waals surface area contributed by atoms with Crippen molar-refractivity contribution >= 4 is 32.3 Å². The first kappa shape index (κ1) is 63.0. The Hall–Kier alpha value is -10.1. The smallest absolute Gasteiger partial charge is 0.435 e. The van der Waals surface area contributed by atoms with Crippen LogP contribution in [-0.4, -0.2) is 19.6 Å². The van der Waals surface area contributed by atoms with Gasteiger partial charge in [-0.2, -0.15) is 17.6 Å². The third kappa shape index (κ3) is 16.4. The van der Waals surface area contributed by atoms with Gasteiger partial charge in [0, 0.05) is 0 Å². The third-order valence-corrected chi connectivity index (χ3v) is 15.3. The van der Waals surface area contributed by atoms with Gasteiger partial charge in [-0.05, 0) is 196 Å². The van der Waals surface area contributed by atoms with Gasteiger partial charge in [-0.3, -0.25) is 0 Å². The molecule has 0 atom stereocenters. The average molecular weight is 1220 g/mol. The first-order chi connectivity index (χ1) is 43.5. The van der Waals surface area contributed by atoms with Gasteiger partial charge in [0.2, 0.25) is 5.75 Å². The second-order valence-corrected chi connectivity index (χ2v) is 21.5. The monoisotopic (exact) mass is 1220 g/mol. The predicted molar refractivity (Wildman–Crippen MR) is 346 cm³/mol. The summed E-state index contributed by atoms with van der Waals surface area (Å²) in [6.07, 6.45) is 1.86. The van der Waals surface area contributed by atoms with E-state index in [9.17, 15) is 39.5 Å². The molecule has 0 N–H and O–H groups in total. The molecule has 0 fully saturated rings. The largest absolute Gasteiger partial charge is 0.573 e. The molecule has 90 heavy (non-hydrogen) atoms. The van der Waals surface area contributed by atoms with Crippen LogP contribution in [0.5, 0.6) is 17.2 Å². The lowest BCUT2D eigenvalue weighted by atomic mass is 9.97. The molecule has 454 valence electrons. The van der Waals surface area contributed by atoms with Crippen molar-refractivity contribution < 1.29 is 53.7 Å². The third-order valence-electron chi connectivity index (χ3n) is 15.3. The second-order valence-electron chi connectivity index (χ2n) is 21.5. The van der Waals surface area contributed by atoms with E-state index >= 15 is 0 Å². The zero-order valence-corrected chi connectivity index (χ0v) is 49.2. The summed E-state index contributed by atoms with van der Waals surface area (Å²) in [6, 6.07) is 77.2. The lowest BCUT2D eigenvalue weighted by Gasteiger charge is -2.12. The Kier molecular flexibility index (Phi) is 20.2. The molecule has 12 aromatic carbocycles. The molecule has 0 aliphatic carbocycles. The number of rotatable bonds is 17. The summed E-state index contributed by atoms with van der Waals surface area (Å²) >= 11 is 0. The molecule has 0 amide bonds. The normalized spacial score (nSPS) is 11.3. The van der Waals surface area contributed by atoms with Gasteiger partial charge in [0.05, 0.1) is 0 Å². The van der Waals surface area contributed by atoms with E-state index < -0.39 is 37.0 Å². The zero-order chi connectivity index (χ0) is 63.3. The van der Waals surface area contributed by atoms with Crippen LogP contribution in [0.4, 0.5) is 39.5 Å². The molecule has 0 aromatic heterocycles. The lowest BCUT2D eigenvalue weighted by molar-refractivity contribution is -0.276. The van der Waals surface area contributed by atoms with Crippen LogP contribution in [-0.2, 0) is 19.3 Å². The van der Waals surface area contributed by atoms with E-state index in [1.807, 2.05) is 42.5 Å². The van der Waals surface area contributed by atoms with E-state index in [1.54, 1.807) is 72.8 Å². The minimum Gasteiger partial charge on any atom is -0.435 e. The maximum absolute atomic E-state index is 14.0. The Bertz CT molecular complexity index is 4370. The van der Waals surface area contributed by atoms with E-state index in [0.29, 0.717) is 5.56 Å². The number of allylic oxidation sites excluding steroid dienone is 1. The van der Waals surface area contributed by atoms with Crippen LogP contribution in [0.1, 0.15) is 43.4 Å². The number of halogens is 9. The maximum Gasteiger partial charge on any atom is 0.573 e. The first-order valence-electron chi connectivity index (χ1n) is 29.3. The van der Waals surface area contributed by atoms with Gasteiger partial charge < -0.3 is 14.2 Å². The fourth-order valence-electron chi connectivity index (χ4n) is 10.7. The summed E-state index contributed by atoms with van der Waals surface area (Å²) < 4.78 is 126. The highest BCUT2D eigenvalue weighted by Crippen LogP contribution is 2.36. The van der Waals surface area contributed by atoms with Crippen LogP contribution in [0, 0.1) is 11.6 Å². The average Bonchev–Trinajstić information content (AvgIpc) is 1.19. The number of hydrogen-bond donors (Lipinski definition) is 0. The standard InChI is InChI=1S/C27H19F5O.C26H22F2O.C25H20F2O/c1-2-3-4-17-5-6-22-14-21(12-11-20(22)13-17)18-7-9-19(10-8-18)23-15-24(28)26(25(29)16-23)33-27(30,31)32;1-2-3-18-4-5-24-17-23(11-10-22(24)16-18)21-8-6-19(7-9-21)20-12-14-25(15-13-20)29-26(27)28;1-2-17-3-4-23-16-22(10-9-21(23)15-17)20-7-5-18(6-8-20)19-11-13-24(14-12-19)28-25(26)27/h2,5-16H,1,3-4H2;4-17,26H,2-3H2,1H3;3-16,25H,2H2,1H3. The molecule has 0 spiro atoms. The SMILES string of the molecule is C=CCCc1ccc2cc(-c3ccc(-c4cc(F)c(OC(F)(F)F)c(F)c4)cc3)ccc2c1.CCCc1ccc2cc(-c3ccc(-c4ccc(OC(F)F)cc4)cc3)ccc2c1.CCc1ccc2cc(-c3ccc(-c4ccc(OC(F)F)cc4)cc3)ccc2c1. The summed E-state index contributed by atoms with van der Waals surface area (Å²) in [5, 5.41) is 7.20. The quantitative estimate of drug-likeness (QED) is 0.0672. The second kappa shape index (κ2) is 28.8. The maximum atomic E-state index is 14.0. The van der Waals surface area contributed by atoms with Crippen molar-refractivity contribution in [2.75, 3.05) is 0 Å². The molecule has 0 bridgehead atoms. The number of aryl methyl sites for hydroxylation is 3. The molecule has 12 heteroatoms. The number of benzene rings is 12. The zero-order valence-electron chi connectivity index (χ0n) is 49.2. The molecular weight excluding hydrogens is 1160 g/mol. The van der Waals surface area contributed by atoms with Gasteiger partial charge in [-0.15, -0.1) is 19.8 Å². The fraction of sp³-hybridized carbons (Fsp3) is 0.128. The Morgan fingerprint density at radius 3 is 0.978 bits per heavy atom. The van der Waals surface area contributed by atoms with Gasteiger partial charge in [0.1, 0.15) is 11.5 Å². The molecule has 0 saturated carbocycles. The first-order valence-corrected chi connectivity index (χ1v) is 29.3. The predicted octanol–water partition coefficient (Wildman–Crippen LogP) is 23.5. The summed E-state index contributed by atoms with van der Waals surface area (Å²) in [5.74, 6) is -3.98. The summed E-state index contributed by atoms with van der Waals surface area (Å²) in [7, 11) is 0. The van der Waals surface area contributed by atoms with Crippen molar-refractivity contribution in [3.63, 3.8) is 0 Å². The molecule has 0 aliphatic heterocycles. The molecule has 0 heterocycles. The lowest BCUT2D eigenvalue weighted by Crippen LogP contribution is -2.19. The van der Waals surface area contributed by atoms with Crippen LogP contribution >= 0.6 is 0 Å². The van der Waals surface area contributed by atoms with E-state index in [0.717, 1.165) is 99.5 Å². The molecule has 0 aliphatic rings. The number of fused-ring (bicyclic) bond motifs is 3. The van der Waals surface area contributed by atoms with E-state index in [2.05, 4.69) is 156 Å². The minimum absolute atomic E-state index is 0.108. The van der Waals surface area contributed by atoms with E-state index in [-0.39, 0.29) is 17.1 Å². The molecule has 0 unspecified atom stereocenters. The topological polar surface area (TPSA) is 27.7 Å². The van der Waals surface area contributed by atoms with Crippen molar-refractivity contribution in [1.29, 1.82) is 0 Å². The Labute approximate surface area is 516 Å². The summed E-state index contributed by atoms with van der Waals surface area (Å²) in [6.45, 7) is 2.50. The van der Waals surface area contributed by atoms with E-state index in [1.165, 1.54) is 49.4 Å². The molecule has 12 aromatic rings. The van der Waals surface area contributed by atoms with Gasteiger partial charge in [-0.1, -0.05) is 214 Å². The van der Waals surface area contributed by atoms with Crippen LogP contribution in [0.15, 0.2) is 255 Å². The molecule has 0 saturated heterocycles. The summed E-state index contributed by atoms with van der Waals surface area (Å²) in [5.41, 5.74) is 15.0. The van der Waals surface area contributed by atoms with Crippen molar-refractivity contribution in [2.45, 2.75) is 65.5 Å². The van der Waals surface area contributed by atoms with Crippen molar-refractivity contribution in [3.8, 4) is 84.0 Å². The number of ether oxygens (including phenoxy) is 3. The Morgan fingerprint density at radius 2 is 0.644 bits per heavy atom. The van der Waals surface area contributed by atoms with Gasteiger partial charge >= 0.3 is 19.6 Å². The summed E-state index contributed by atoms with van der Waals surface area (Å²) in [4.78, 5) is 0. The van der Waals surface area contributed by atoms with Crippen LogP contribution in [0.2, 0.25) is 0 Å². The number of alkyl halides is 7. The van der Waals surface area contributed by atoms with Gasteiger partial charge in [0.15, 0.2) is 11.6 Å². The molecular formula is C78H61F9O3. The Balaban J connectivity index is 0.000000149. The molecule has 0 radical (unpaired) electrons. The molecule has 3 nitrogen and oxygen atoms in total. The minimum atomic E-state index is -5.18. The van der Waals surface area contributed by atoms with Crippen LogP contribution in [0.25, 0.3) is 99.1 Å². The van der Waals surface area contributed by atoms with Gasteiger partial charge in [-0.25, -0.2) is 8.78 Å². The van der Waals surface area contributed by atoms with Crippen molar-refractivity contribution in [3.05, 3.63) is 284 Å². The highest BCUT2D eigenvalue weighted by atomic mass is 19.4. The molecule has 12 rings (SSSR count). The van der Waals surface area contributed by atoms with Crippen LogP contribution < -0.4 is 14.2 Å². The van der Waals surface area contributed by atoms with Crippen molar-refractivity contribution in [2.24, 2.45) is 0 Å². The van der Waals surface area contributed by atoms with Crippen molar-refractivity contribution in [1.82, 2.24) is 0 Å².